The van der Waals surface area contributed by atoms with Gasteiger partial charge in [-0.1, -0.05) is 6.07 Å². The summed E-state index contributed by atoms with van der Waals surface area (Å²) >= 11 is 0. The summed E-state index contributed by atoms with van der Waals surface area (Å²) in [6, 6.07) is 7.25. The maximum Gasteiger partial charge on any atom is 0.255 e. The average molecular weight is 306 g/mol. The Bertz CT molecular complexity index is 813. The van der Waals surface area contributed by atoms with Crippen LogP contribution >= 0.6 is 0 Å². The van der Waals surface area contributed by atoms with Gasteiger partial charge in [-0.2, -0.15) is 5.26 Å². The molecule has 0 atom stereocenters. The van der Waals surface area contributed by atoms with Crippen LogP contribution < -0.4 is 5.32 Å². The quantitative estimate of drug-likeness (QED) is 0.877. The van der Waals surface area contributed by atoms with Crippen LogP contribution in [-0.4, -0.2) is 5.91 Å². The Balaban J connectivity index is 2.49. The van der Waals surface area contributed by atoms with E-state index in [2.05, 4.69) is 32.2 Å². The molecule has 2 aromatic rings. The van der Waals surface area contributed by atoms with E-state index in [9.17, 15) is 4.79 Å². The third-order valence-corrected chi connectivity index (χ3v) is 4.85. The van der Waals surface area contributed by atoms with Crippen LogP contribution in [0.25, 0.3) is 0 Å². The molecule has 3 heteroatoms. The Kier molecular flexibility index (Phi) is 4.56. The second kappa shape index (κ2) is 6.26. The van der Waals surface area contributed by atoms with Crippen molar-refractivity contribution >= 4 is 11.6 Å². The predicted molar refractivity (Wildman–Crippen MR) is 94.0 cm³/mol. The molecule has 1 N–H and O–H groups in total. The van der Waals surface area contributed by atoms with Crippen molar-refractivity contribution in [2.24, 2.45) is 0 Å². The minimum absolute atomic E-state index is 0.173. The van der Waals surface area contributed by atoms with Gasteiger partial charge in [0.25, 0.3) is 5.91 Å². The van der Waals surface area contributed by atoms with Crippen molar-refractivity contribution in [3.63, 3.8) is 0 Å². The summed E-state index contributed by atoms with van der Waals surface area (Å²) in [6.07, 6.45) is 0. The molecule has 0 aromatic heterocycles. The van der Waals surface area contributed by atoms with Crippen LogP contribution in [-0.2, 0) is 0 Å². The number of rotatable bonds is 2. The molecule has 3 nitrogen and oxygen atoms in total. The summed E-state index contributed by atoms with van der Waals surface area (Å²) in [5.74, 6) is -0.173. The lowest BCUT2D eigenvalue weighted by atomic mass is 9.92. The standard InChI is InChI=1S/C20H22N2O/c1-11-7-8-17(10-21)9-18(11)20(23)22-19-15(5)13(3)12(2)14(4)16(19)6/h7-9H,1-6H3,(H,22,23). The van der Waals surface area contributed by atoms with Crippen molar-refractivity contribution in [1.29, 1.82) is 5.26 Å². The summed E-state index contributed by atoms with van der Waals surface area (Å²) in [5, 5.41) is 12.1. The highest BCUT2D eigenvalue weighted by Gasteiger charge is 2.16. The van der Waals surface area contributed by atoms with Crippen LogP contribution in [0, 0.1) is 52.9 Å². The summed E-state index contributed by atoms with van der Waals surface area (Å²) in [7, 11) is 0. The molecule has 0 unspecified atom stereocenters. The van der Waals surface area contributed by atoms with Crippen LogP contribution in [0.1, 0.15) is 49.3 Å². The maximum absolute atomic E-state index is 12.7. The zero-order valence-corrected chi connectivity index (χ0v) is 14.6. The van der Waals surface area contributed by atoms with Gasteiger partial charge in [-0.25, -0.2) is 0 Å². The molecular formula is C20H22N2O. The van der Waals surface area contributed by atoms with E-state index in [1.807, 2.05) is 20.8 Å². The lowest BCUT2D eigenvalue weighted by molar-refractivity contribution is 0.102. The van der Waals surface area contributed by atoms with Gasteiger partial charge in [-0.3, -0.25) is 4.79 Å². The first-order valence-electron chi connectivity index (χ1n) is 7.67. The van der Waals surface area contributed by atoms with Gasteiger partial charge in [-0.05, 0) is 87.1 Å². The van der Waals surface area contributed by atoms with E-state index in [0.717, 1.165) is 22.4 Å². The molecule has 0 spiro atoms. The number of carbonyl (C=O) groups excluding carboxylic acids is 1. The smallest absolute Gasteiger partial charge is 0.255 e. The van der Waals surface area contributed by atoms with E-state index in [0.29, 0.717) is 11.1 Å². The van der Waals surface area contributed by atoms with E-state index >= 15 is 0 Å². The fourth-order valence-electron chi connectivity index (χ4n) is 2.80. The molecule has 0 saturated carbocycles. The van der Waals surface area contributed by atoms with Crippen LogP contribution in [0.5, 0.6) is 0 Å². The SMILES string of the molecule is Cc1ccc(C#N)cc1C(=O)Nc1c(C)c(C)c(C)c(C)c1C. The average Bonchev–Trinajstić information content (AvgIpc) is 2.55. The van der Waals surface area contributed by atoms with E-state index < -0.39 is 0 Å². The number of nitrogens with zero attached hydrogens (tertiary/aromatic N) is 1. The number of benzene rings is 2. The molecule has 1 amide bonds. The van der Waals surface area contributed by atoms with Gasteiger partial charge in [0.05, 0.1) is 11.6 Å². The third kappa shape index (κ3) is 2.98. The fraction of sp³-hybridized carbons (Fsp3) is 0.300. The zero-order valence-electron chi connectivity index (χ0n) is 14.6. The molecule has 0 aliphatic rings. The fourth-order valence-corrected chi connectivity index (χ4v) is 2.80. The molecule has 0 aliphatic heterocycles. The lowest BCUT2D eigenvalue weighted by Crippen LogP contribution is -2.16. The highest BCUT2D eigenvalue weighted by atomic mass is 16.1. The number of hydrogen-bond acceptors (Lipinski definition) is 2. The Morgan fingerprint density at radius 3 is 1.96 bits per heavy atom. The van der Waals surface area contributed by atoms with Crippen LogP contribution in [0.15, 0.2) is 18.2 Å². The van der Waals surface area contributed by atoms with Crippen molar-refractivity contribution in [3.8, 4) is 6.07 Å². The van der Waals surface area contributed by atoms with Crippen molar-refractivity contribution in [3.05, 3.63) is 62.7 Å². The number of aryl methyl sites for hydroxylation is 1. The van der Waals surface area contributed by atoms with Crippen molar-refractivity contribution in [2.45, 2.75) is 41.5 Å². The van der Waals surface area contributed by atoms with Gasteiger partial charge in [0.2, 0.25) is 0 Å². The first-order chi connectivity index (χ1) is 10.8. The largest absolute Gasteiger partial charge is 0.321 e. The number of anilines is 1. The third-order valence-electron chi connectivity index (χ3n) is 4.85. The number of nitriles is 1. The number of amides is 1. The molecule has 2 aromatic carbocycles. The molecule has 2 rings (SSSR count). The Labute approximate surface area is 138 Å². The van der Waals surface area contributed by atoms with Gasteiger partial charge < -0.3 is 5.32 Å². The molecule has 0 fully saturated rings. The van der Waals surface area contributed by atoms with Gasteiger partial charge in [0.1, 0.15) is 0 Å². The van der Waals surface area contributed by atoms with Crippen molar-refractivity contribution in [1.82, 2.24) is 0 Å². The van der Waals surface area contributed by atoms with E-state index in [4.69, 9.17) is 5.26 Å². The maximum atomic E-state index is 12.7. The molecule has 0 radical (unpaired) electrons. The van der Waals surface area contributed by atoms with Gasteiger partial charge >= 0.3 is 0 Å². The highest BCUT2D eigenvalue weighted by molar-refractivity contribution is 6.06. The number of nitrogens with one attached hydrogen (secondary N) is 1. The lowest BCUT2D eigenvalue weighted by Gasteiger charge is -2.19. The summed E-state index contributed by atoms with van der Waals surface area (Å²) < 4.78 is 0. The molecule has 118 valence electrons. The first-order valence-corrected chi connectivity index (χ1v) is 7.67. The van der Waals surface area contributed by atoms with Crippen LogP contribution in [0.4, 0.5) is 5.69 Å². The monoisotopic (exact) mass is 306 g/mol. The predicted octanol–water partition coefficient (Wildman–Crippen LogP) is 4.66. The summed E-state index contributed by atoms with van der Waals surface area (Å²) in [5.41, 5.74) is 8.61. The molecular weight excluding hydrogens is 284 g/mol. The molecule has 0 heterocycles. The number of hydrogen-bond donors (Lipinski definition) is 1. The molecule has 0 saturated heterocycles. The highest BCUT2D eigenvalue weighted by Crippen LogP contribution is 2.30. The van der Waals surface area contributed by atoms with Crippen LogP contribution in [0.3, 0.4) is 0 Å². The summed E-state index contributed by atoms with van der Waals surface area (Å²) in [4.78, 5) is 12.7. The van der Waals surface area contributed by atoms with Crippen LogP contribution in [0.2, 0.25) is 0 Å². The van der Waals surface area contributed by atoms with Gasteiger partial charge in [-0.15, -0.1) is 0 Å². The molecule has 0 aliphatic carbocycles. The van der Waals surface area contributed by atoms with Crippen molar-refractivity contribution < 1.29 is 4.79 Å². The summed E-state index contributed by atoms with van der Waals surface area (Å²) in [6.45, 7) is 12.2. The van der Waals surface area contributed by atoms with Gasteiger partial charge in [0, 0.05) is 11.3 Å². The minimum Gasteiger partial charge on any atom is -0.321 e. The van der Waals surface area contributed by atoms with E-state index in [-0.39, 0.29) is 5.91 Å². The van der Waals surface area contributed by atoms with E-state index in [1.54, 1.807) is 18.2 Å². The zero-order chi connectivity index (χ0) is 17.3. The second-order valence-corrected chi connectivity index (χ2v) is 6.10. The number of carbonyl (C=O) groups is 1. The minimum atomic E-state index is -0.173. The van der Waals surface area contributed by atoms with Gasteiger partial charge in [0.15, 0.2) is 0 Å². The second-order valence-electron chi connectivity index (χ2n) is 6.10. The Morgan fingerprint density at radius 1 is 0.913 bits per heavy atom. The molecule has 0 bridgehead atoms. The topological polar surface area (TPSA) is 52.9 Å². The Morgan fingerprint density at radius 2 is 1.43 bits per heavy atom. The normalized spacial score (nSPS) is 10.3. The molecule has 23 heavy (non-hydrogen) atoms. The Hall–Kier alpha value is -2.60. The van der Waals surface area contributed by atoms with Crippen molar-refractivity contribution in [2.75, 3.05) is 5.32 Å². The first kappa shape index (κ1) is 16.8. The van der Waals surface area contributed by atoms with E-state index in [1.165, 1.54) is 16.7 Å².